The molecular weight excluding hydrogens is 306 g/mol. The molecule has 0 spiro atoms. The predicted molar refractivity (Wildman–Crippen MR) is 79.4 cm³/mol. The highest BCUT2D eigenvalue weighted by molar-refractivity contribution is 5.91. The van der Waals surface area contributed by atoms with Gasteiger partial charge >= 0.3 is 5.97 Å². The fourth-order valence-electron chi connectivity index (χ4n) is 1.74. The van der Waals surface area contributed by atoms with Gasteiger partial charge in [-0.2, -0.15) is 0 Å². The molecule has 0 unspecified atom stereocenters. The van der Waals surface area contributed by atoms with E-state index in [2.05, 4.69) is 10.6 Å². The van der Waals surface area contributed by atoms with Crippen molar-refractivity contribution in [3.8, 4) is 5.75 Å². The van der Waals surface area contributed by atoms with E-state index < -0.39 is 43.0 Å². The summed E-state index contributed by atoms with van der Waals surface area (Å²) in [4.78, 5) is 33.9. The molecular formula is C14H19N3O6. The lowest BCUT2D eigenvalue weighted by molar-refractivity contribution is -0.138. The topological polar surface area (TPSA) is 162 Å². The monoisotopic (exact) mass is 325 g/mol. The van der Waals surface area contributed by atoms with Gasteiger partial charge < -0.3 is 31.7 Å². The molecule has 9 nitrogen and oxygen atoms in total. The largest absolute Gasteiger partial charge is 0.508 e. The second kappa shape index (κ2) is 8.71. The number of carbonyl (C=O) groups excluding carboxylic acids is 2. The van der Waals surface area contributed by atoms with Gasteiger partial charge in [-0.1, -0.05) is 12.1 Å². The van der Waals surface area contributed by atoms with Crippen LogP contribution in [0.4, 0.5) is 0 Å². The highest BCUT2D eigenvalue weighted by atomic mass is 16.4. The van der Waals surface area contributed by atoms with Crippen LogP contribution in [0.5, 0.6) is 5.75 Å². The number of carboxylic acids is 1. The number of carbonyl (C=O) groups is 3. The number of hydrogen-bond acceptors (Lipinski definition) is 6. The van der Waals surface area contributed by atoms with Gasteiger partial charge in [-0.05, 0) is 24.1 Å². The number of phenols is 1. The van der Waals surface area contributed by atoms with E-state index in [0.717, 1.165) is 0 Å². The van der Waals surface area contributed by atoms with Crippen molar-refractivity contribution in [2.45, 2.75) is 18.5 Å². The number of rotatable bonds is 8. The van der Waals surface area contributed by atoms with Crippen LogP contribution in [0.15, 0.2) is 24.3 Å². The third kappa shape index (κ3) is 6.32. The standard InChI is InChI=1S/C14H19N3O6/c15-10(5-8-1-3-9(19)4-2-8)13(22)17-11(7-18)14(23)16-6-12(20)21/h1-4,10-11,18-19H,5-7,15H2,(H,16,23)(H,17,22)(H,20,21)/t10-,11-/m0/s1. The van der Waals surface area contributed by atoms with Crippen LogP contribution in [0, 0.1) is 0 Å². The zero-order chi connectivity index (χ0) is 17.4. The SMILES string of the molecule is N[C@@H](Cc1ccc(O)cc1)C(=O)N[C@@H](CO)C(=O)NCC(=O)O. The Bertz CT molecular complexity index is 560. The lowest BCUT2D eigenvalue weighted by atomic mass is 10.1. The Morgan fingerprint density at radius 1 is 1.13 bits per heavy atom. The zero-order valence-corrected chi connectivity index (χ0v) is 12.2. The molecule has 0 saturated carbocycles. The molecule has 0 aliphatic carbocycles. The Balaban J connectivity index is 2.55. The highest BCUT2D eigenvalue weighted by Gasteiger charge is 2.23. The highest BCUT2D eigenvalue weighted by Crippen LogP contribution is 2.10. The molecule has 7 N–H and O–H groups in total. The number of aromatic hydroxyl groups is 1. The molecule has 2 amide bonds. The summed E-state index contributed by atoms with van der Waals surface area (Å²) in [6, 6.07) is 3.86. The normalized spacial score (nSPS) is 13.0. The van der Waals surface area contributed by atoms with Crippen LogP contribution in [-0.4, -0.2) is 58.3 Å². The van der Waals surface area contributed by atoms with Crippen molar-refractivity contribution in [3.05, 3.63) is 29.8 Å². The summed E-state index contributed by atoms with van der Waals surface area (Å²) in [6.45, 7) is -1.31. The number of nitrogens with two attached hydrogens (primary N) is 1. The van der Waals surface area contributed by atoms with Gasteiger partial charge in [0.2, 0.25) is 11.8 Å². The van der Waals surface area contributed by atoms with Crippen molar-refractivity contribution in [1.29, 1.82) is 0 Å². The molecule has 0 saturated heterocycles. The molecule has 1 aromatic rings. The van der Waals surface area contributed by atoms with Crippen LogP contribution in [0.25, 0.3) is 0 Å². The second-order valence-corrected chi connectivity index (χ2v) is 4.83. The molecule has 126 valence electrons. The van der Waals surface area contributed by atoms with Gasteiger partial charge in [0.1, 0.15) is 18.3 Å². The lowest BCUT2D eigenvalue weighted by Crippen LogP contribution is -2.54. The van der Waals surface area contributed by atoms with Crippen molar-refractivity contribution >= 4 is 17.8 Å². The fraction of sp³-hybridized carbons (Fsp3) is 0.357. The van der Waals surface area contributed by atoms with E-state index in [1.807, 2.05) is 0 Å². The Labute approximate surface area is 132 Å². The summed E-state index contributed by atoms with van der Waals surface area (Å²) in [5.74, 6) is -2.64. The molecule has 0 bridgehead atoms. The van der Waals surface area contributed by atoms with Crippen LogP contribution < -0.4 is 16.4 Å². The third-order valence-electron chi connectivity index (χ3n) is 2.96. The molecule has 0 radical (unpaired) electrons. The van der Waals surface area contributed by atoms with Gasteiger partial charge in [-0.15, -0.1) is 0 Å². The van der Waals surface area contributed by atoms with Crippen molar-refractivity contribution in [1.82, 2.24) is 10.6 Å². The molecule has 0 fully saturated rings. The van der Waals surface area contributed by atoms with Crippen molar-refractivity contribution < 1.29 is 29.7 Å². The van der Waals surface area contributed by atoms with Gasteiger partial charge in [0.05, 0.1) is 12.6 Å². The van der Waals surface area contributed by atoms with Crippen LogP contribution in [0.1, 0.15) is 5.56 Å². The summed E-state index contributed by atoms with van der Waals surface area (Å²) in [5.41, 5.74) is 6.44. The van der Waals surface area contributed by atoms with Crippen molar-refractivity contribution in [3.63, 3.8) is 0 Å². The van der Waals surface area contributed by atoms with E-state index in [4.69, 9.17) is 15.9 Å². The third-order valence-corrected chi connectivity index (χ3v) is 2.96. The predicted octanol–water partition coefficient (Wildman–Crippen LogP) is -2.06. The minimum atomic E-state index is -1.28. The Morgan fingerprint density at radius 3 is 2.26 bits per heavy atom. The Morgan fingerprint density at radius 2 is 1.74 bits per heavy atom. The van der Waals surface area contributed by atoms with Gasteiger partial charge in [-0.25, -0.2) is 0 Å². The molecule has 1 aromatic carbocycles. The maximum Gasteiger partial charge on any atom is 0.322 e. The summed E-state index contributed by atoms with van der Waals surface area (Å²) in [6.07, 6.45) is 0.168. The first-order valence-electron chi connectivity index (χ1n) is 6.77. The van der Waals surface area contributed by atoms with E-state index in [0.29, 0.717) is 5.56 Å². The number of nitrogens with one attached hydrogen (secondary N) is 2. The van der Waals surface area contributed by atoms with E-state index in [1.54, 1.807) is 12.1 Å². The maximum absolute atomic E-state index is 11.9. The second-order valence-electron chi connectivity index (χ2n) is 4.83. The number of phenolic OH excluding ortho intramolecular Hbond substituents is 1. The smallest absolute Gasteiger partial charge is 0.322 e. The van der Waals surface area contributed by atoms with Gasteiger partial charge in [0.15, 0.2) is 0 Å². The minimum absolute atomic E-state index is 0.0854. The molecule has 1 rings (SSSR count). The van der Waals surface area contributed by atoms with Crippen molar-refractivity contribution in [2.75, 3.05) is 13.2 Å². The average Bonchev–Trinajstić information content (AvgIpc) is 2.52. The fourth-order valence-corrected chi connectivity index (χ4v) is 1.74. The van der Waals surface area contributed by atoms with E-state index in [1.165, 1.54) is 12.1 Å². The first-order valence-corrected chi connectivity index (χ1v) is 6.77. The number of amides is 2. The summed E-state index contributed by atoms with van der Waals surface area (Å²) < 4.78 is 0. The molecule has 23 heavy (non-hydrogen) atoms. The first-order chi connectivity index (χ1) is 10.8. The van der Waals surface area contributed by atoms with Gasteiger partial charge in [-0.3, -0.25) is 14.4 Å². The van der Waals surface area contributed by atoms with Crippen molar-refractivity contribution in [2.24, 2.45) is 5.73 Å². The van der Waals surface area contributed by atoms with Crippen LogP contribution in [0.2, 0.25) is 0 Å². The van der Waals surface area contributed by atoms with Crippen LogP contribution in [0.3, 0.4) is 0 Å². The Kier molecular flexibility index (Phi) is 6.97. The van der Waals surface area contributed by atoms with Gasteiger partial charge in [0, 0.05) is 0 Å². The number of aliphatic hydroxyl groups is 1. The summed E-state index contributed by atoms with van der Waals surface area (Å²) in [5, 5.41) is 31.1. The quantitative estimate of drug-likeness (QED) is 0.320. The molecule has 0 aromatic heterocycles. The molecule has 0 aliphatic rings. The molecule has 0 aliphatic heterocycles. The Hall–Kier alpha value is -2.65. The van der Waals surface area contributed by atoms with E-state index >= 15 is 0 Å². The van der Waals surface area contributed by atoms with E-state index in [9.17, 15) is 19.5 Å². The maximum atomic E-state index is 11.9. The van der Waals surface area contributed by atoms with Crippen LogP contribution in [-0.2, 0) is 20.8 Å². The number of hydrogen-bond donors (Lipinski definition) is 6. The van der Waals surface area contributed by atoms with Crippen LogP contribution >= 0.6 is 0 Å². The molecule has 0 heterocycles. The lowest BCUT2D eigenvalue weighted by Gasteiger charge is -2.18. The first kappa shape index (κ1) is 18.4. The number of aliphatic hydroxyl groups excluding tert-OH is 1. The molecule has 2 atom stereocenters. The minimum Gasteiger partial charge on any atom is -0.508 e. The summed E-state index contributed by atoms with van der Waals surface area (Å²) >= 11 is 0. The van der Waals surface area contributed by atoms with Gasteiger partial charge in [0.25, 0.3) is 0 Å². The number of aliphatic carboxylic acids is 1. The zero-order valence-electron chi connectivity index (χ0n) is 12.2. The average molecular weight is 325 g/mol. The molecule has 9 heteroatoms. The number of carboxylic acid groups (broad SMARTS) is 1. The number of benzene rings is 1. The summed E-state index contributed by atoms with van der Waals surface area (Å²) in [7, 11) is 0. The van der Waals surface area contributed by atoms with E-state index in [-0.39, 0.29) is 12.2 Å².